The van der Waals surface area contributed by atoms with Crippen LogP contribution in [0.3, 0.4) is 0 Å². The molecule has 0 N–H and O–H groups in total. The molecule has 0 rings (SSSR count). The molecule has 0 spiro atoms. The maximum absolute atomic E-state index is 2.89. The summed E-state index contributed by atoms with van der Waals surface area (Å²) in [5, 5.41) is 0. The third kappa shape index (κ3) is 17.1. The van der Waals surface area contributed by atoms with E-state index in [1.165, 1.54) is 103 Å². The monoisotopic (exact) mass is 479 g/mol. The first-order valence-corrected chi connectivity index (χ1v) is 15.6. The number of allylic oxidation sites excluding steroid dienone is 1. The maximum atomic E-state index is 2.89. The zero-order valence-electron chi connectivity index (χ0n) is 25.1. The van der Waals surface area contributed by atoms with E-state index >= 15 is 0 Å². The smallest absolute Gasteiger partial charge is 0.0506 e. The van der Waals surface area contributed by atoms with Gasteiger partial charge < -0.3 is 0 Å². The summed E-state index contributed by atoms with van der Waals surface area (Å²) in [5.74, 6) is 3.18. The number of hydrogen-bond donors (Lipinski definition) is 0. The van der Waals surface area contributed by atoms with E-state index in [-0.39, 0.29) is 0 Å². The molecule has 0 aromatic carbocycles. The highest BCUT2D eigenvalue weighted by Crippen LogP contribution is 2.21. The molecule has 0 radical (unpaired) electrons. The van der Waals surface area contributed by atoms with Crippen molar-refractivity contribution in [1.29, 1.82) is 0 Å². The summed E-state index contributed by atoms with van der Waals surface area (Å²) in [4.78, 5) is 5.73. The second kappa shape index (κ2) is 23.1. The first-order chi connectivity index (χ1) is 16.5. The molecule has 0 aromatic rings. The van der Waals surface area contributed by atoms with E-state index in [1.807, 2.05) is 0 Å². The quantitative estimate of drug-likeness (QED) is 0.101. The van der Waals surface area contributed by atoms with E-state index in [9.17, 15) is 0 Å². The van der Waals surface area contributed by atoms with Crippen LogP contribution in [0.1, 0.15) is 139 Å². The van der Waals surface area contributed by atoms with Crippen LogP contribution in [-0.2, 0) is 0 Å². The van der Waals surface area contributed by atoms with Gasteiger partial charge in [0.25, 0.3) is 0 Å². The van der Waals surface area contributed by atoms with Crippen LogP contribution in [0.4, 0.5) is 0 Å². The van der Waals surface area contributed by atoms with Crippen LogP contribution in [0.15, 0.2) is 12.2 Å². The summed E-state index contributed by atoms with van der Waals surface area (Å²) in [7, 11) is 0. The third-order valence-corrected chi connectivity index (χ3v) is 7.80. The molecular weight excluding hydrogens is 412 g/mol. The van der Waals surface area contributed by atoms with Crippen molar-refractivity contribution in [3.8, 4) is 0 Å². The Balaban J connectivity index is 5.57. The molecule has 0 aromatic heterocycles. The fourth-order valence-electron chi connectivity index (χ4n) is 5.30. The minimum Gasteiger partial charge on any atom is -0.290 e. The van der Waals surface area contributed by atoms with Gasteiger partial charge in [0.05, 0.1) is 6.67 Å². The van der Waals surface area contributed by atoms with Crippen LogP contribution in [0.5, 0.6) is 0 Å². The Labute approximate surface area is 217 Å². The number of nitrogens with zero attached hydrogens (tertiary/aromatic N) is 2. The maximum Gasteiger partial charge on any atom is 0.0506 e. The molecule has 0 fully saturated rings. The van der Waals surface area contributed by atoms with E-state index in [4.69, 9.17) is 0 Å². The van der Waals surface area contributed by atoms with Gasteiger partial charge in [-0.25, -0.2) is 0 Å². The molecule has 0 aliphatic rings. The van der Waals surface area contributed by atoms with Crippen LogP contribution >= 0.6 is 0 Å². The minimum absolute atomic E-state index is 0.685. The topological polar surface area (TPSA) is 6.48 Å². The van der Waals surface area contributed by atoms with Crippen molar-refractivity contribution in [3.63, 3.8) is 0 Å². The fraction of sp³-hybridized carbons (Fsp3) is 0.938. The van der Waals surface area contributed by atoms with E-state index < -0.39 is 0 Å². The number of hydrogen-bond acceptors (Lipinski definition) is 2. The fourth-order valence-corrected chi connectivity index (χ4v) is 5.30. The first kappa shape index (κ1) is 33.7. The van der Waals surface area contributed by atoms with E-state index in [0.29, 0.717) is 5.92 Å². The molecule has 0 heterocycles. The predicted molar refractivity (Wildman–Crippen MR) is 157 cm³/mol. The van der Waals surface area contributed by atoms with Crippen LogP contribution in [0.25, 0.3) is 0 Å². The Kier molecular flexibility index (Phi) is 22.9. The predicted octanol–water partition coefficient (Wildman–Crippen LogP) is 9.80. The van der Waals surface area contributed by atoms with Crippen LogP contribution < -0.4 is 0 Å². The Morgan fingerprint density at radius 2 is 1.09 bits per heavy atom. The van der Waals surface area contributed by atoms with Gasteiger partial charge >= 0.3 is 0 Å². The molecule has 0 saturated carbocycles. The Morgan fingerprint density at radius 1 is 0.588 bits per heavy atom. The van der Waals surface area contributed by atoms with Crippen molar-refractivity contribution in [3.05, 3.63) is 12.2 Å². The summed E-state index contributed by atoms with van der Waals surface area (Å²) in [6, 6.07) is 0. The largest absolute Gasteiger partial charge is 0.290 e. The van der Waals surface area contributed by atoms with Gasteiger partial charge in [-0.05, 0) is 55.8 Å². The van der Waals surface area contributed by atoms with Crippen molar-refractivity contribution in [2.45, 2.75) is 139 Å². The van der Waals surface area contributed by atoms with Crippen molar-refractivity contribution in [2.75, 3.05) is 32.8 Å². The van der Waals surface area contributed by atoms with Gasteiger partial charge in [0.15, 0.2) is 0 Å². The average Bonchev–Trinajstić information content (AvgIpc) is 2.84. The SMILES string of the molecule is CC/C=C\C(CC)CN(CC(C)CCCC)CN(CC(CC)CCCC)CC(CC)CCCC. The molecule has 0 saturated heterocycles. The molecule has 34 heavy (non-hydrogen) atoms. The van der Waals surface area contributed by atoms with Gasteiger partial charge in [0.1, 0.15) is 0 Å². The normalized spacial score (nSPS) is 15.9. The van der Waals surface area contributed by atoms with Crippen molar-refractivity contribution < 1.29 is 0 Å². The molecule has 0 bridgehead atoms. The van der Waals surface area contributed by atoms with Gasteiger partial charge in [-0.3, -0.25) is 9.80 Å². The first-order valence-electron chi connectivity index (χ1n) is 15.6. The molecule has 0 aliphatic carbocycles. The summed E-state index contributed by atoms with van der Waals surface area (Å²) >= 11 is 0. The Hall–Kier alpha value is -0.340. The highest BCUT2D eigenvalue weighted by atomic mass is 15.3. The van der Waals surface area contributed by atoms with E-state index in [2.05, 4.69) is 77.3 Å². The van der Waals surface area contributed by atoms with Crippen LogP contribution in [-0.4, -0.2) is 42.6 Å². The highest BCUT2D eigenvalue weighted by molar-refractivity contribution is 4.89. The van der Waals surface area contributed by atoms with Gasteiger partial charge in [-0.15, -0.1) is 0 Å². The minimum atomic E-state index is 0.685. The number of unbranched alkanes of at least 4 members (excludes halogenated alkanes) is 3. The molecule has 2 nitrogen and oxygen atoms in total. The van der Waals surface area contributed by atoms with Crippen molar-refractivity contribution >= 4 is 0 Å². The molecule has 2 heteroatoms. The lowest BCUT2D eigenvalue weighted by Crippen LogP contribution is -2.45. The average molecular weight is 479 g/mol. The lowest BCUT2D eigenvalue weighted by molar-refractivity contribution is 0.0762. The lowest BCUT2D eigenvalue weighted by Gasteiger charge is -2.37. The molecule has 4 unspecified atom stereocenters. The summed E-state index contributed by atoms with van der Waals surface area (Å²) in [6.07, 6.45) is 22.2. The number of rotatable bonds is 24. The Bertz CT molecular complexity index is 428. The van der Waals surface area contributed by atoms with Crippen LogP contribution in [0.2, 0.25) is 0 Å². The summed E-state index contributed by atoms with van der Waals surface area (Å²) in [6.45, 7) is 25.2. The van der Waals surface area contributed by atoms with E-state index in [1.54, 1.807) is 0 Å². The molecular formula is C32H66N2. The van der Waals surface area contributed by atoms with Crippen molar-refractivity contribution in [1.82, 2.24) is 9.80 Å². The van der Waals surface area contributed by atoms with Gasteiger partial charge in [0, 0.05) is 26.2 Å². The zero-order valence-corrected chi connectivity index (χ0v) is 25.1. The van der Waals surface area contributed by atoms with Gasteiger partial charge in [-0.1, -0.05) is 119 Å². The van der Waals surface area contributed by atoms with Gasteiger partial charge in [-0.2, -0.15) is 0 Å². The molecule has 204 valence electrons. The second-order valence-electron chi connectivity index (χ2n) is 11.3. The van der Waals surface area contributed by atoms with Crippen molar-refractivity contribution in [2.24, 2.45) is 23.7 Å². The molecule has 0 aliphatic heterocycles. The summed E-state index contributed by atoms with van der Waals surface area (Å²) < 4.78 is 0. The molecule has 4 atom stereocenters. The zero-order chi connectivity index (χ0) is 25.6. The second-order valence-corrected chi connectivity index (χ2v) is 11.3. The van der Waals surface area contributed by atoms with Gasteiger partial charge in [0.2, 0.25) is 0 Å². The van der Waals surface area contributed by atoms with Crippen LogP contribution in [0, 0.1) is 23.7 Å². The molecule has 0 amide bonds. The Morgan fingerprint density at radius 3 is 1.53 bits per heavy atom. The third-order valence-electron chi connectivity index (χ3n) is 7.80. The summed E-state index contributed by atoms with van der Waals surface area (Å²) in [5.41, 5.74) is 0. The highest BCUT2D eigenvalue weighted by Gasteiger charge is 2.21. The van der Waals surface area contributed by atoms with E-state index in [0.717, 1.165) is 30.8 Å². The standard InChI is InChI=1S/C32H66N2/c1-9-16-20-29(8)24-33(25-30(13-5)21-17-10-2)28-34(26-31(14-6)22-18-11-3)27-32(15-7)23-19-12-4/h17,21,29-32H,9-16,18-20,22-28H2,1-8H3/b21-17-. The lowest BCUT2D eigenvalue weighted by atomic mass is 9.95.